The van der Waals surface area contributed by atoms with E-state index >= 15 is 0 Å². The first-order valence-corrected chi connectivity index (χ1v) is 9.82. The largest absolute Gasteiger partial charge is 0.381 e. The third-order valence-corrected chi connectivity index (χ3v) is 6.18. The van der Waals surface area contributed by atoms with Crippen molar-refractivity contribution < 1.29 is 9.53 Å². The van der Waals surface area contributed by atoms with Crippen LogP contribution in [0.15, 0.2) is 24.3 Å². The quantitative estimate of drug-likeness (QED) is 0.872. The molecule has 0 unspecified atom stereocenters. The molecule has 0 radical (unpaired) electrons. The van der Waals surface area contributed by atoms with Crippen molar-refractivity contribution in [1.82, 2.24) is 10.2 Å². The van der Waals surface area contributed by atoms with E-state index in [-0.39, 0.29) is 5.91 Å². The molecule has 138 valence electrons. The molecule has 1 amide bonds. The van der Waals surface area contributed by atoms with Crippen molar-refractivity contribution in [3.05, 3.63) is 34.9 Å². The average molecular weight is 365 g/mol. The molecule has 1 aromatic carbocycles. The second-order valence-corrected chi connectivity index (χ2v) is 7.71. The molecule has 1 aromatic rings. The minimum absolute atomic E-state index is 0.246. The highest BCUT2D eigenvalue weighted by Gasteiger charge is 2.45. The summed E-state index contributed by atoms with van der Waals surface area (Å²) in [4.78, 5) is 15.6. The second kappa shape index (κ2) is 8.52. The van der Waals surface area contributed by atoms with Crippen molar-refractivity contribution in [2.24, 2.45) is 5.92 Å². The van der Waals surface area contributed by atoms with Crippen LogP contribution in [-0.4, -0.2) is 50.7 Å². The molecular weight excluding hydrogens is 336 g/mol. The molecule has 0 aliphatic carbocycles. The molecule has 0 spiro atoms. The van der Waals surface area contributed by atoms with Gasteiger partial charge < -0.3 is 15.0 Å². The molecule has 2 aliphatic heterocycles. The van der Waals surface area contributed by atoms with Gasteiger partial charge in [-0.05, 0) is 63.2 Å². The molecule has 0 saturated carbocycles. The van der Waals surface area contributed by atoms with Crippen molar-refractivity contribution in [2.75, 3.05) is 39.9 Å². The van der Waals surface area contributed by atoms with Gasteiger partial charge in [0.2, 0.25) is 5.91 Å². The van der Waals surface area contributed by atoms with Gasteiger partial charge in [-0.2, -0.15) is 0 Å². The van der Waals surface area contributed by atoms with Gasteiger partial charge in [0.05, 0.1) is 5.41 Å². The van der Waals surface area contributed by atoms with Gasteiger partial charge in [0.25, 0.3) is 0 Å². The van der Waals surface area contributed by atoms with E-state index in [1.54, 1.807) is 0 Å². The van der Waals surface area contributed by atoms with Gasteiger partial charge in [-0.3, -0.25) is 4.79 Å². The number of ether oxygens (including phenoxy) is 1. The van der Waals surface area contributed by atoms with Gasteiger partial charge in [0.15, 0.2) is 0 Å². The minimum Gasteiger partial charge on any atom is -0.381 e. The number of likely N-dealkylation sites (tertiary alicyclic amines) is 1. The van der Waals surface area contributed by atoms with Crippen molar-refractivity contribution >= 4 is 17.5 Å². The van der Waals surface area contributed by atoms with Gasteiger partial charge in [-0.1, -0.05) is 29.8 Å². The molecule has 0 bridgehead atoms. The van der Waals surface area contributed by atoms with E-state index < -0.39 is 5.41 Å². The first-order chi connectivity index (χ1) is 12.2. The van der Waals surface area contributed by atoms with E-state index in [0.29, 0.717) is 18.2 Å². The van der Waals surface area contributed by atoms with E-state index in [2.05, 4.69) is 10.2 Å². The van der Waals surface area contributed by atoms with Gasteiger partial charge in [-0.15, -0.1) is 0 Å². The van der Waals surface area contributed by atoms with Crippen molar-refractivity contribution in [2.45, 2.75) is 37.5 Å². The molecule has 2 heterocycles. The fourth-order valence-corrected chi connectivity index (χ4v) is 4.56. The van der Waals surface area contributed by atoms with Gasteiger partial charge >= 0.3 is 0 Å². The molecule has 4 nitrogen and oxygen atoms in total. The van der Waals surface area contributed by atoms with Crippen LogP contribution in [0.1, 0.15) is 37.7 Å². The standard InChI is InChI=1S/C20H29ClN2O2/c1-22-11-6-16-7-12-23(13-8-16)19(24)20(9-14-25-15-10-20)17-4-2-3-5-18(17)21/h2-5,16,22H,6-15H2,1H3. The Morgan fingerprint density at radius 2 is 1.96 bits per heavy atom. The first kappa shape index (κ1) is 18.7. The van der Waals surface area contributed by atoms with Gasteiger partial charge in [0.1, 0.15) is 0 Å². The highest BCUT2D eigenvalue weighted by molar-refractivity contribution is 6.31. The van der Waals surface area contributed by atoms with Crippen molar-refractivity contribution in [3.8, 4) is 0 Å². The van der Waals surface area contributed by atoms with Crippen LogP contribution in [0.25, 0.3) is 0 Å². The summed E-state index contributed by atoms with van der Waals surface area (Å²) in [6.07, 6.45) is 4.83. The number of nitrogens with one attached hydrogen (secondary N) is 1. The Hall–Kier alpha value is -1.10. The van der Waals surface area contributed by atoms with Crippen LogP contribution in [0.5, 0.6) is 0 Å². The number of hydrogen-bond acceptors (Lipinski definition) is 3. The van der Waals surface area contributed by atoms with Crippen LogP contribution >= 0.6 is 11.6 Å². The summed E-state index contributed by atoms with van der Waals surface area (Å²) in [5.74, 6) is 0.971. The summed E-state index contributed by atoms with van der Waals surface area (Å²) in [5, 5.41) is 3.92. The summed E-state index contributed by atoms with van der Waals surface area (Å²) in [6, 6.07) is 7.82. The zero-order chi connectivity index (χ0) is 17.7. The summed E-state index contributed by atoms with van der Waals surface area (Å²) < 4.78 is 5.56. The molecule has 0 aromatic heterocycles. The van der Waals surface area contributed by atoms with Gasteiger partial charge in [-0.25, -0.2) is 0 Å². The van der Waals surface area contributed by atoms with Crippen molar-refractivity contribution in [1.29, 1.82) is 0 Å². The maximum Gasteiger partial charge on any atom is 0.233 e. The van der Waals surface area contributed by atoms with Crippen molar-refractivity contribution in [3.63, 3.8) is 0 Å². The fourth-order valence-electron chi connectivity index (χ4n) is 4.24. The lowest BCUT2D eigenvalue weighted by atomic mass is 9.72. The Morgan fingerprint density at radius 1 is 1.28 bits per heavy atom. The van der Waals surface area contributed by atoms with Crippen LogP contribution in [0, 0.1) is 5.92 Å². The lowest BCUT2D eigenvalue weighted by Crippen LogP contribution is -2.52. The highest BCUT2D eigenvalue weighted by Crippen LogP contribution is 2.41. The lowest BCUT2D eigenvalue weighted by molar-refractivity contribution is -0.142. The Labute approximate surface area is 155 Å². The predicted octanol–water partition coefficient (Wildman–Crippen LogP) is 3.24. The maximum absolute atomic E-state index is 13.5. The fraction of sp³-hybridized carbons (Fsp3) is 0.650. The SMILES string of the molecule is CNCCC1CCN(C(=O)C2(c3ccccc3Cl)CCOCC2)CC1. The number of nitrogens with zero attached hydrogens (tertiary/aromatic N) is 1. The molecule has 2 saturated heterocycles. The third kappa shape index (κ3) is 4.02. The molecule has 25 heavy (non-hydrogen) atoms. The van der Waals surface area contributed by atoms with Crippen LogP contribution in [0.3, 0.4) is 0 Å². The highest BCUT2D eigenvalue weighted by atomic mass is 35.5. The number of halogens is 1. The molecule has 2 aliphatic rings. The normalized spacial score (nSPS) is 21.3. The summed E-state index contributed by atoms with van der Waals surface area (Å²) in [5.41, 5.74) is 0.455. The molecule has 0 atom stereocenters. The number of amides is 1. The molecule has 3 rings (SSSR count). The summed E-state index contributed by atoms with van der Waals surface area (Å²) in [6.45, 7) is 4.02. The molecule has 1 N–H and O–H groups in total. The van der Waals surface area contributed by atoms with E-state index in [1.165, 1.54) is 6.42 Å². The number of piperidine rings is 1. The molecule has 5 heteroatoms. The van der Waals surface area contributed by atoms with Gasteiger partial charge in [0, 0.05) is 31.3 Å². The van der Waals surface area contributed by atoms with E-state index in [4.69, 9.17) is 16.3 Å². The van der Waals surface area contributed by atoms with Crippen LogP contribution in [-0.2, 0) is 14.9 Å². The zero-order valence-electron chi connectivity index (χ0n) is 15.1. The Morgan fingerprint density at radius 3 is 2.60 bits per heavy atom. The summed E-state index contributed by atoms with van der Waals surface area (Å²) >= 11 is 6.49. The molecule has 2 fully saturated rings. The number of rotatable bonds is 5. The van der Waals surface area contributed by atoms with E-state index in [9.17, 15) is 4.79 Å². The van der Waals surface area contributed by atoms with E-state index in [1.807, 2.05) is 31.3 Å². The summed E-state index contributed by atoms with van der Waals surface area (Å²) in [7, 11) is 2.00. The smallest absolute Gasteiger partial charge is 0.233 e. The topological polar surface area (TPSA) is 41.6 Å². The predicted molar refractivity (Wildman–Crippen MR) is 101 cm³/mol. The number of carbonyl (C=O) groups excluding carboxylic acids is 1. The number of carbonyl (C=O) groups is 1. The zero-order valence-corrected chi connectivity index (χ0v) is 15.9. The maximum atomic E-state index is 13.5. The minimum atomic E-state index is -0.519. The first-order valence-electron chi connectivity index (χ1n) is 9.44. The monoisotopic (exact) mass is 364 g/mol. The average Bonchev–Trinajstić information content (AvgIpc) is 2.67. The Kier molecular flexibility index (Phi) is 6.37. The van der Waals surface area contributed by atoms with Crippen LogP contribution < -0.4 is 5.32 Å². The lowest BCUT2D eigenvalue weighted by Gasteiger charge is -2.42. The second-order valence-electron chi connectivity index (χ2n) is 7.30. The van der Waals surface area contributed by atoms with E-state index in [0.717, 1.165) is 56.8 Å². The van der Waals surface area contributed by atoms with Crippen LogP contribution in [0.2, 0.25) is 5.02 Å². The van der Waals surface area contributed by atoms with Crippen LogP contribution in [0.4, 0.5) is 0 Å². The third-order valence-electron chi connectivity index (χ3n) is 5.85. The molecular formula is C20H29ClN2O2. The Balaban J connectivity index is 1.76. The Bertz CT molecular complexity index is 579. The number of benzene rings is 1. The number of hydrogen-bond donors (Lipinski definition) is 1.